The maximum Gasteiger partial charge on any atom is 0.141 e. The molecule has 0 unspecified atom stereocenters. The van der Waals surface area contributed by atoms with Crippen molar-refractivity contribution in [3.05, 3.63) is 164 Å². The molecule has 0 aliphatic heterocycles. The lowest BCUT2D eigenvalue weighted by Gasteiger charge is -2.16. The summed E-state index contributed by atoms with van der Waals surface area (Å²) in [4.78, 5) is 4.96. The standard InChI is InChI=1S/C47H32N2/c1-2-49-43-19-6-5-18-42(43)48-47(49)35-28-22-31(23-29-35)30-20-24-32(25-21-30)36-14-9-17-41-40-16-8-11-34-27-26-33-10-7-15-38(44(33)45(34)40)37-12-3-4-13-39(37)46(36)41/h3-29H,2H2,1H3. The topological polar surface area (TPSA) is 17.8 Å². The van der Waals surface area contributed by atoms with E-state index in [9.17, 15) is 0 Å². The van der Waals surface area contributed by atoms with Gasteiger partial charge in [0.1, 0.15) is 5.82 Å². The van der Waals surface area contributed by atoms with Gasteiger partial charge in [0.05, 0.1) is 11.0 Å². The van der Waals surface area contributed by atoms with Crippen LogP contribution in [-0.2, 0) is 6.54 Å². The summed E-state index contributed by atoms with van der Waals surface area (Å²) in [6.07, 6.45) is 0. The van der Waals surface area contributed by atoms with E-state index in [1.54, 1.807) is 0 Å². The number of hydrogen-bond donors (Lipinski definition) is 0. The molecule has 0 aliphatic carbocycles. The van der Waals surface area contributed by atoms with Crippen LogP contribution in [-0.4, -0.2) is 9.55 Å². The lowest BCUT2D eigenvalue weighted by Crippen LogP contribution is -1.97. The lowest BCUT2D eigenvalue weighted by molar-refractivity contribution is 0.796. The van der Waals surface area contributed by atoms with Gasteiger partial charge in [0, 0.05) is 12.1 Å². The molecule has 10 rings (SSSR count). The van der Waals surface area contributed by atoms with Crippen molar-refractivity contribution in [2.75, 3.05) is 0 Å². The summed E-state index contributed by atoms with van der Waals surface area (Å²) in [6, 6.07) is 60.1. The molecule has 0 saturated carbocycles. The number of rotatable bonds is 4. The molecule has 1 aromatic heterocycles. The minimum atomic E-state index is 0.879. The predicted octanol–water partition coefficient (Wildman–Crippen LogP) is 12.8. The number of hydrogen-bond acceptors (Lipinski definition) is 1. The third-order valence-electron chi connectivity index (χ3n) is 10.4. The van der Waals surface area contributed by atoms with Crippen LogP contribution in [0.2, 0.25) is 0 Å². The van der Waals surface area contributed by atoms with Crippen molar-refractivity contribution in [3.63, 3.8) is 0 Å². The summed E-state index contributed by atoms with van der Waals surface area (Å²) in [6.45, 7) is 3.06. The van der Waals surface area contributed by atoms with Gasteiger partial charge in [-0.15, -0.1) is 0 Å². The molecule has 2 heteroatoms. The van der Waals surface area contributed by atoms with Crippen molar-refractivity contribution in [1.29, 1.82) is 0 Å². The number of para-hydroxylation sites is 2. The first kappa shape index (κ1) is 27.8. The smallest absolute Gasteiger partial charge is 0.141 e. The number of aryl methyl sites for hydroxylation is 1. The Labute approximate surface area is 284 Å². The number of nitrogens with zero attached hydrogens (tertiary/aromatic N) is 2. The Hall–Kier alpha value is -6.25. The predicted molar refractivity (Wildman–Crippen MR) is 209 cm³/mol. The summed E-state index contributed by atoms with van der Waals surface area (Å²) >= 11 is 0. The van der Waals surface area contributed by atoms with Crippen molar-refractivity contribution in [3.8, 4) is 33.6 Å². The van der Waals surface area contributed by atoms with Crippen LogP contribution in [0.25, 0.3) is 98.5 Å². The van der Waals surface area contributed by atoms with E-state index in [2.05, 4.69) is 175 Å². The molecule has 49 heavy (non-hydrogen) atoms. The molecule has 1 heterocycles. The first-order valence-electron chi connectivity index (χ1n) is 17.1. The second-order valence-electron chi connectivity index (χ2n) is 13.0. The zero-order valence-electron chi connectivity index (χ0n) is 27.2. The van der Waals surface area contributed by atoms with E-state index in [4.69, 9.17) is 4.98 Å². The Morgan fingerprint density at radius 3 is 1.57 bits per heavy atom. The first-order valence-corrected chi connectivity index (χ1v) is 17.1. The van der Waals surface area contributed by atoms with Crippen molar-refractivity contribution in [2.24, 2.45) is 0 Å². The highest BCUT2D eigenvalue weighted by atomic mass is 15.1. The maximum absolute atomic E-state index is 4.96. The third-order valence-corrected chi connectivity index (χ3v) is 10.4. The second kappa shape index (κ2) is 10.9. The van der Waals surface area contributed by atoms with Gasteiger partial charge >= 0.3 is 0 Å². The van der Waals surface area contributed by atoms with E-state index in [0.717, 1.165) is 23.4 Å². The molecule has 9 aromatic carbocycles. The maximum atomic E-state index is 4.96. The molecule has 0 aliphatic rings. The monoisotopic (exact) mass is 624 g/mol. The Bertz CT molecular complexity index is 2890. The summed E-state index contributed by atoms with van der Waals surface area (Å²) in [5.74, 6) is 1.01. The average molecular weight is 625 g/mol. The fourth-order valence-corrected chi connectivity index (χ4v) is 8.12. The molecule has 10 aromatic rings. The van der Waals surface area contributed by atoms with Gasteiger partial charge in [0.2, 0.25) is 0 Å². The Morgan fingerprint density at radius 2 is 0.898 bits per heavy atom. The summed E-state index contributed by atoms with van der Waals surface area (Å²) in [7, 11) is 0. The second-order valence-corrected chi connectivity index (χ2v) is 13.0. The van der Waals surface area contributed by atoms with Gasteiger partial charge in [-0.2, -0.15) is 0 Å². The van der Waals surface area contributed by atoms with E-state index in [1.165, 1.54) is 81.6 Å². The van der Waals surface area contributed by atoms with Crippen LogP contribution < -0.4 is 0 Å². The quantitative estimate of drug-likeness (QED) is 0.178. The summed E-state index contributed by atoms with van der Waals surface area (Å²) in [5.41, 5.74) is 8.19. The molecule has 0 saturated heterocycles. The van der Waals surface area contributed by atoms with Gasteiger partial charge in [-0.1, -0.05) is 152 Å². The van der Waals surface area contributed by atoms with Gasteiger partial charge in [0.15, 0.2) is 0 Å². The number of benzene rings is 8. The van der Waals surface area contributed by atoms with Crippen LogP contribution in [0.1, 0.15) is 6.92 Å². The van der Waals surface area contributed by atoms with Gasteiger partial charge in [-0.25, -0.2) is 4.98 Å². The van der Waals surface area contributed by atoms with Crippen LogP contribution in [0.3, 0.4) is 0 Å². The van der Waals surface area contributed by atoms with Crippen molar-refractivity contribution < 1.29 is 0 Å². The Kier molecular flexibility index (Phi) is 6.19. The fraction of sp³-hybridized carbons (Fsp3) is 0.0426. The molecule has 0 fully saturated rings. The molecule has 0 atom stereocenters. The summed E-state index contributed by atoms with van der Waals surface area (Å²) in [5, 5.41) is 12.9. The summed E-state index contributed by atoms with van der Waals surface area (Å²) < 4.78 is 2.29. The van der Waals surface area contributed by atoms with Crippen LogP contribution in [0.5, 0.6) is 0 Å². The van der Waals surface area contributed by atoms with Crippen molar-refractivity contribution in [2.45, 2.75) is 13.5 Å². The minimum absolute atomic E-state index is 0.879. The third kappa shape index (κ3) is 4.24. The highest BCUT2D eigenvalue weighted by Crippen LogP contribution is 2.43. The molecule has 0 N–H and O–H groups in total. The van der Waals surface area contributed by atoms with E-state index < -0.39 is 0 Å². The van der Waals surface area contributed by atoms with Crippen LogP contribution >= 0.6 is 0 Å². The lowest BCUT2D eigenvalue weighted by atomic mass is 9.88. The Morgan fingerprint density at radius 1 is 0.408 bits per heavy atom. The van der Waals surface area contributed by atoms with Gasteiger partial charge in [0.25, 0.3) is 0 Å². The van der Waals surface area contributed by atoms with Crippen molar-refractivity contribution >= 4 is 64.9 Å². The molecule has 2 nitrogen and oxygen atoms in total. The molecule has 0 bridgehead atoms. The Balaban J connectivity index is 1.14. The van der Waals surface area contributed by atoms with E-state index in [-0.39, 0.29) is 0 Å². The molecule has 0 amide bonds. The highest BCUT2D eigenvalue weighted by Gasteiger charge is 2.15. The van der Waals surface area contributed by atoms with Crippen LogP contribution in [0, 0.1) is 0 Å². The van der Waals surface area contributed by atoms with E-state index in [0.29, 0.717) is 0 Å². The van der Waals surface area contributed by atoms with E-state index in [1.807, 2.05) is 0 Å². The van der Waals surface area contributed by atoms with E-state index >= 15 is 0 Å². The number of aromatic nitrogens is 2. The normalized spacial score (nSPS) is 11.9. The average Bonchev–Trinajstić information content (AvgIpc) is 3.55. The van der Waals surface area contributed by atoms with Crippen LogP contribution in [0.15, 0.2) is 164 Å². The molecule has 0 radical (unpaired) electrons. The first-order chi connectivity index (χ1) is 24.3. The highest BCUT2D eigenvalue weighted by molar-refractivity contribution is 6.34. The van der Waals surface area contributed by atoms with Gasteiger partial charge in [-0.3, -0.25) is 0 Å². The SMILES string of the molecule is CCn1c(-c2ccc(-c3ccc(-c4cccc5c6cccc7ccc8cccc(c9ccccc9c45)c8c76)cc3)cc2)nc2ccccc21. The van der Waals surface area contributed by atoms with Gasteiger partial charge < -0.3 is 4.57 Å². The number of imidazole rings is 1. The zero-order chi connectivity index (χ0) is 32.5. The van der Waals surface area contributed by atoms with Gasteiger partial charge in [-0.05, 0) is 95.2 Å². The molecular weight excluding hydrogens is 593 g/mol. The minimum Gasteiger partial charge on any atom is -0.324 e. The fourth-order valence-electron chi connectivity index (χ4n) is 8.12. The molecule has 230 valence electrons. The van der Waals surface area contributed by atoms with Crippen molar-refractivity contribution in [1.82, 2.24) is 9.55 Å². The number of fused-ring (bicyclic) bond motifs is 6. The largest absolute Gasteiger partial charge is 0.324 e. The molecular formula is C47H32N2. The zero-order valence-corrected chi connectivity index (χ0v) is 27.2. The van der Waals surface area contributed by atoms with Crippen LogP contribution in [0.4, 0.5) is 0 Å². The molecule has 0 spiro atoms.